The van der Waals surface area contributed by atoms with Gasteiger partial charge in [0.05, 0.1) is 28.9 Å². The van der Waals surface area contributed by atoms with Crippen LogP contribution in [0, 0.1) is 31.5 Å². The third-order valence-electron chi connectivity index (χ3n) is 4.87. The van der Waals surface area contributed by atoms with Crippen LogP contribution in [0.15, 0.2) is 36.4 Å². The zero-order valence-corrected chi connectivity index (χ0v) is 15.7. The Morgan fingerprint density at radius 3 is 2.68 bits per heavy atom. The van der Waals surface area contributed by atoms with E-state index in [2.05, 4.69) is 10.4 Å². The summed E-state index contributed by atoms with van der Waals surface area (Å²) >= 11 is 0. The molecule has 0 unspecified atom stereocenters. The van der Waals surface area contributed by atoms with Crippen molar-refractivity contribution < 1.29 is 23.8 Å². The lowest BCUT2D eigenvalue weighted by molar-refractivity contribution is -0.146. The van der Waals surface area contributed by atoms with E-state index < -0.39 is 23.6 Å². The number of allylic oxidation sites excluding steroid dienone is 2. The number of nitrogens with one attached hydrogen (secondary N) is 1. The zero-order chi connectivity index (χ0) is 20.3. The van der Waals surface area contributed by atoms with E-state index >= 15 is 0 Å². The quantitative estimate of drug-likeness (QED) is 0.742. The van der Waals surface area contributed by atoms with Gasteiger partial charge in [-0.25, -0.2) is 9.07 Å². The number of carboxylic acids is 1. The van der Waals surface area contributed by atoms with Crippen LogP contribution < -0.4 is 10.1 Å². The number of benzene rings is 1. The molecule has 2 atom stereocenters. The minimum absolute atomic E-state index is 0.0515. The van der Waals surface area contributed by atoms with Crippen molar-refractivity contribution in [1.29, 1.82) is 0 Å². The molecule has 1 heterocycles. The fourth-order valence-electron chi connectivity index (χ4n) is 3.29. The van der Waals surface area contributed by atoms with E-state index in [9.17, 15) is 19.1 Å². The van der Waals surface area contributed by atoms with Crippen molar-refractivity contribution in [3.05, 3.63) is 53.6 Å². The van der Waals surface area contributed by atoms with Crippen LogP contribution >= 0.6 is 0 Å². The highest BCUT2D eigenvalue weighted by atomic mass is 19.1. The van der Waals surface area contributed by atoms with Crippen molar-refractivity contribution in [2.75, 3.05) is 5.32 Å². The summed E-state index contributed by atoms with van der Waals surface area (Å²) in [6.45, 7) is 3.58. The first-order chi connectivity index (χ1) is 13.4. The number of aryl methyl sites for hydroxylation is 1. The molecule has 0 spiro atoms. The second-order valence-electron chi connectivity index (χ2n) is 6.76. The van der Waals surface area contributed by atoms with Crippen LogP contribution in [0.3, 0.4) is 0 Å². The van der Waals surface area contributed by atoms with Crippen LogP contribution in [-0.4, -0.2) is 26.8 Å². The van der Waals surface area contributed by atoms with Gasteiger partial charge < -0.3 is 15.2 Å². The number of nitrogens with zero attached hydrogens (tertiary/aromatic N) is 2. The number of halogens is 1. The molecule has 0 aliphatic heterocycles. The van der Waals surface area contributed by atoms with Gasteiger partial charge in [-0.1, -0.05) is 18.2 Å². The summed E-state index contributed by atoms with van der Waals surface area (Å²) in [5.74, 6) is -2.71. The Morgan fingerprint density at radius 1 is 1.29 bits per heavy atom. The number of hydrogen-bond donors (Lipinski definition) is 2. The third-order valence-corrected chi connectivity index (χ3v) is 4.87. The van der Waals surface area contributed by atoms with Crippen molar-refractivity contribution in [3.8, 4) is 5.75 Å². The molecule has 148 valence electrons. The van der Waals surface area contributed by atoms with Gasteiger partial charge in [0.15, 0.2) is 6.73 Å². The highest BCUT2D eigenvalue weighted by molar-refractivity contribution is 5.96. The van der Waals surface area contributed by atoms with Gasteiger partial charge in [0.25, 0.3) is 0 Å². The molecule has 0 fully saturated rings. The summed E-state index contributed by atoms with van der Waals surface area (Å²) in [5.41, 5.74) is 1.79. The first-order valence-corrected chi connectivity index (χ1v) is 8.98. The molecule has 1 aromatic carbocycles. The molecule has 0 radical (unpaired) electrons. The SMILES string of the molecule is Cc1nn(COc2cccc(F)c2)c(C)c1NC(=O)[C@H]1CC=CC[C@H]1C(=O)O. The van der Waals surface area contributed by atoms with Crippen LogP contribution in [-0.2, 0) is 16.3 Å². The predicted molar refractivity (Wildman–Crippen MR) is 100 cm³/mol. The van der Waals surface area contributed by atoms with E-state index in [1.54, 1.807) is 36.7 Å². The number of ether oxygens (including phenoxy) is 1. The van der Waals surface area contributed by atoms with E-state index in [0.29, 0.717) is 35.7 Å². The average molecular weight is 387 g/mol. The highest BCUT2D eigenvalue weighted by Gasteiger charge is 2.34. The molecule has 2 N–H and O–H groups in total. The normalized spacial score (nSPS) is 18.7. The van der Waals surface area contributed by atoms with Crippen molar-refractivity contribution >= 4 is 17.6 Å². The van der Waals surface area contributed by atoms with Crippen LogP contribution in [0.1, 0.15) is 24.2 Å². The summed E-state index contributed by atoms with van der Waals surface area (Å²) in [5, 5.41) is 16.5. The van der Waals surface area contributed by atoms with Crippen molar-refractivity contribution in [3.63, 3.8) is 0 Å². The molecule has 0 saturated heterocycles. The molecule has 1 amide bonds. The first-order valence-electron chi connectivity index (χ1n) is 8.98. The second kappa shape index (κ2) is 8.24. The van der Waals surface area contributed by atoms with Crippen molar-refractivity contribution in [2.24, 2.45) is 11.8 Å². The van der Waals surface area contributed by atoms with Gasteiger partial charge in [0.1, 0.15) is 11.6 Å². The van der Waals surface area contributed by atoms with Gasteiger partial charge in [-0.15, -0.1) is 0 Å². The van der Waals surface area contributed by atoms with Crippen molar-refractivity contribution in [2.45, 2.75) is 33.4 Å². The van der Waals surface area contributed by atoms with E-state index in [4.69, 9.17) is 4.74 Å². The number of amides is 1. The number of carbonyl (C=O) groups excluding carboxylic acids is 1. The standard InChI is InChI=1S/C20H22FN3O4/c1-12-18(22-19(25)16-8-3-4-9-17(16)20(26)27)13(2)24(23-12)11-28-15-7-5-6-14(21)10-15/h3-7,10,16-17H,8-9,11H2,1-2H3,(H,22,25)(H,26,27)/t16-,17+/m0/s1. The topological polar surface area (TPSA) is 93.5 Å². The molecule has 3 rings (SSSR count). The molecular formula is C20H22FN3O4. The van der Waals surface area contributed by atoms with Crippen LogP contribution in [0.25, 0.3) is 0 Å². The second-order valence-corrected chi connectivity index (χ2v) is 6.76. The summed E-state index contributed by atoms with van der Waals surface area (Å²) in [6.07, 6.45) is 4.35. The molecule has 7 nitrogen and oxygen atoms in total. The van der Waals surface area contributed by atoms with Gasteiger partial charge in [-0.2, -0.15) is 5.10 Å². The Balaban J connectivity index is 1.71. The number of aliphatic carboxylic acids is 1. The Hall–Kier alpha value is -3.16. The van der Waals surface area contributed by atoms with E-state index in [1.165, 1.54) is 12.1 Å². The number of carbonyl (C=O) groups is 2. The van der Waals surface area contributed by atoms with E-state index in [0.717, 1.165) is 0 Å². The van der Waals surface area contributed by atoms with Gasteiger partial charge in [-0.3, -0.25) is 9.59 Å². The molecule has 28 heavy (non-hydrogen) atoms. The summed E-state index contributed by atoms with van der Waals surface area (Å²) in [6, 6.07) is 5.79. The maximum Gasteiger partial charge on any atom is 0.307 e. The van der Waals surface area contributed by atoms with Crippen molar-refractivity contribution in [1.82, 2.24) is 9.78 Å². The summed E-state index contributed by atoms with van der Waals surface area (Å²) in [4.78, 5) is 24.1. The smallest absolute Gasteiger partial charge is 0.307 e. The van der Waals surface area contributed by atoms with Crippen LogP contribution in [0.4, 0.5) is 10.1 Å². The summed E-state index contributed by atoms with van der Waals surface area (Å²) < 4.78 is 20.4. The zero-order valence-electron chi connectivity index (χ0n) is 15.7. The third kappa shape index (κ3) is 4.21. The van der Waals surface area contributed by atoms with Crippen LogP contribution in [0.5, 0.6) is 5.75 Å². The number of carboxylic acid groups (broad SMARTS) is 1. The van der Waals surface area contributed by atoms with Gasteiger partial charge in [0, 0.05) is 6.07 Å². The first kappa shape index (κ1) is 19.6. The molecule has 8 heteroatoms. The lowest BCUT2D eigenvalue weighted by Crippen LogP contribution is -2.35. The monoisotopic (exact) mass is 387 g/mol. The van der Waals surface area contributed by atoms with Gasteiger partial charge >= 0.3 is 5.97 Å². The number of rotatable bonds is 6. The van der Waals surface area contributed by atoms with E-state index in [1.807, 2.05) is 6.08 Å². The Labute approximate surface area is 161 Å². The minimum atomic E-state index is -0.975. The Kier molecular flexibility index (Phi) is 5.77. The fraction of sp³-hybridized carbons (Fsp3) is 0.350. The number of hydrogen-bond acceptors (Lipinski definition) is 4. The van der Waals surface area contributed by atoms with Gasteiger partial charge in [-0.05, 0) is 38.8 Å². The minimum Gasteiger partial charge on any atom is -0.481 e. The highest BCUT2D eigenvalue weighted by Crippen LogP contribution is 2.29. The largest absolute Gasteiger partial charge is 0.481 e. The lowest BCUT2D eigenvalue weighted by Gasteiger charge is -2.24. The van der Waals surface area contributed by atoms with E-state index in [-0.39, 0.29) is 12.6 Å². The predicted octanol–water partition coefficient (Wildman–Crippen LogP) is 3.28. The lowest BCUT2D eigenvalue weighted by atomic mass is 9.82. The Morgan fingerprint density at radius 2 is 2.00 bits per heavy atom. The molecule has 2 aromatic rings. The number of aromatic nitrogens is 2. The molecule has 1 aliphatic rings. The molecular weight excluding hydrogens is 365 g/mol. The van der Waals surface area contributed by atoms with Gasteiger partial charge in [0.2, 0.25) is 5.91 Å². The summed E-state index contributed by atoms with van der Waals surface area (Å²) in [7, 11) is 0. The van der Waals surface area contributed by atoms with Crippen LogP contribution in [0.2, 0.25) is 0 Å². The molecule has 1 aliphatic carbocycles. The number of anilines is 1. The maximum absolute atomic E-state index is 13.3. The molecule has 0 saturated carbocycles. The molecule has 1 aromatic heterocycles. The average Bonchev–Trinajstić information content (AvgIpc) is 2.94. The fourth-order valence-corrected chi connectivity index (χ4v) is 3.29. The maximum atomic E-state index is 13.3. The Bertz CT molecular complexity index is 922. The molecule has 0 bridgehead atoms.